The molecule has 2 heteroatoms. The van der Waals surface area contributed by atoms with E-state index in [2.05, 4.69) is 45.0 Å². The van der Waals surface area contributed by atoms with Crippen molar-refractivity contribution >= 4 is 32.6 Å². The monoisotopic (exact) mass is 306 g/mol. The highest BCUT2D eigenvalue weighted by Crippen LogP contribution is 2.20. The highest BCUT2D eigenvalue weighted by atomic mass is 27.1. The summed E-state index contributed by atoms with van der Waals surface area (Å²) in [6.07, 6.45) is 9.82. The molecule has 0 N–H and O–H groups in total. The molecule has 0 saturated carbocycles. The standard InChI is InChI=1S/C15H23.C3H7.2Al.H2.4H/c1-3-4-5-6-7-8-9-15-12-10-14(2)11-13-15;1-3-2;;;;;;;/h9-13H,3-8H2,1-2H3;1,3H2,2H3;;;1H;;;;. The first-order valence-electron chi connectivity index (χ1n) is 8.72. The van der Waals surface area contributed by atoms with Crippen molar-refractivity contribution in [3.63, 3.8) is 0 Å². The van der Waals surface area contributed by atoms with Gasteiger partial charge in [0.25, 0.3) is 0 Å². The molecule has 0 aliphatic carbocycles. The highest BCUT2D eigenvalue weighted by Gasteiger charge is 2.04. The number of hydrogen-bond donors (Lipinski definition) is 0. The second kappa shape index (κ2) is 14.2. The quantitative estimate of drug-likeness (QED) is 0.481. The van der Waals surface area contributed by atoms with Crippen molar-refractivity contribution in [1.82, 2.24) is 0 Å². The van der Waals surface area contributed by atoms with Crippen LogP contribution in [-0.2, 0) is 0 Å². The summed E-state index contributed by atoms with van der Waals surface area (Å²) in [5.74, 6) is 0. The minimum absolute atomic E-state index is 0. The lowest BCUT2D eigenvalue weighted by atomic mass is 10.0. The lowest BCUT2D eigenvalue weighted by molar-refractivity contribution is 0.601. The molecule has 0 aliphatic rings. The Morgan fingerprint density at radius 3 is 2.00 bits per heavy atom. The number of benzene rings is 1. The Morgan fingerprint density at radius 1 is 0.950 bits per heavy atom. The van der Waals surface area contributed by atoms with Gasteiger partial charge in [-0.2, -0.15) is 0 Å². The largest absolute Gasteiger partial charge is 0.223 e. The van der Waals surface area contributed by atoms with E-state index in [1.54, 1.807) is 5.56 Å². The van der Waals surface area contributed by atoms with E-state index < -0.39 is 0 Å². The van der Waals surface area contributed by atoms with Gasteiger partial charge in [-0.1, -0.05) is 99.0 Å². The fourth-order valence-corrected chi connectivity index (χ4v) is 2.91. The SMILES string of the molecule is CCCCCCC[CH]([AlH2])c1ccc(C)cc1.CC[CH2][AlH2].[HH]. The lowest BCUT2D eigenvalue weighted by Crippen LogP contribution is -1.98. The molecule has 0 radical (unpaired) electrons. The van der Waals surface area contributed by atoms with Gasteiger partial charge in [0, 0.05) is 1.43 Å². The van der Waals surface area contributed by atoms with Crippen LogP contribution in [0.1, 0.15) is 76.1 Å². The Balaban J connectivity index is 0. The van der Waals surface area contributed by atoms with E-state index in [-0.39, 0.29) is 1.43 Å². The van der Waals surface area contributed by atoms with Gasteiger partial charge in [-0.05, 0) is 6.92 Å². The third kappa shape index (κ3) is 11.0. The highest BCUT2D eigenvalue weighted by molar-refractivity contribution is 6.12. The van der Waals surface area contributed by atoms with E-state index in [0.717, 1.165) is 4.78 Å². The molecule has 0 amide bonds. The van der Waals surface area contributed by atoms with Crippen LogP contribution in [0.2, 0.25) is 5.28 Å². The summed E-state index contributed by atoms with van der Waals surface area (Å²) in [7, 11) is 0. The summed E-state index contributed by atoms with van der Waals surface area (Å²) in [6, 6.07) is 9.13. The van der Waals surface area contributed by atoms with Crippen LogP contribution < -0.4 is 0 Å². The van der Waals surface area contributed by atoms with Crippen LogP contribution in [-0.4, -0.2) is 32.6 Å². The molecule has 1 aromatic rings. The zero-order valence-electron chi connectivity index (χ0n) is 14.5. The van der Waals surface area contributed by atoms with Gasteiger partial charge in [0.15, 0.2) is 0 Å². The summed E-state index contributed by atoms with van der Waals surface area (Å²) >= 11 is 2.68. The van der Waals surface area contributed by atoms with E-state index in [1.807, 2.05) is 0 Å². The fraction of sp³-hybridized carbons (Fsp3) is 0.667. The molecule has 20 heavy (non-hydrogen) atoms. The molecule has 1 atom stereocenters. The molecule has 0 nitrogen and oxygen atoms in total. The molecular formula is C18H36Al2. The Morgan fingerprint density at radius 2 is 1.50 bits per heavy atom. The molecule has 1 aromatic carbocycles. The van der Waals surface area contributed by atoms with E-state index in [0.29, 0.717) is 0 Å². The Hall–Kier alpha value is 0.285. The van der Waals surface area contributed by atoms with E-state index >= 15 is 0 Å². The van der Waals surface area contributed by atoms with Gasteiger partial charge in [0.05, 0.1) is 0 Å². The Bertz CT molecular complexity index is 309. The van der Waals surface area contributed by atoms with Crippen LogP contribution in [0.15, 0.2) is 24.3 Å². The second-order valence-corrected chi connectivity index (χ2v) is 8.41. The molecule has 0 bridgehead atoms. The van der Waals surface area contributed by atoms with Gasteiger partial charge < -0.3 is 0 Å². The van der Waals surface area contributed by atoms with Crippen molar-refractivity contribution in [3.8, 4) is 0 Å². The van der Waals surface area contributed by atoms with Crippen LogP contribution in [0.3, 0.4) is 0 Å². The molecule has 1 rings (SSSR count). The average Bonchev–Trinajstić information content (AvgIpc) is 2.48. The summed E-state index contributed by atoms with van der Waals surface area (Å²) in [5, 5.41) is 1.46. The third-order valence-electron chi connectivity index (χ3n) is 3.89. The second-order valence-electron chi connectivity index (χ2n) is 6.01. The Kier molecular flexibility index (Phi) is 14.4. The molecule has 0 aromatic heterocycles. The van der Waals surface area contributed by atoms with Crippen LogP contribution in [0.25, 0.3) is 0 Å². The number of aryl methyl sites for hydroxylation is 1. The summed E-state index contributed by atoms with van der Waals surface area (Å²) in [5.41, 5.74) is 2.94. The summed E-state index contributed by atoms with van der Waals surface area (Å²) in [6.45, 7) is 6.66. The first-order valence-corrected chi connectivity index (χ1v) is 11.3. The normalized spacial score (nSPS) is 11.6. The molecule has 0 saturated heterocycles. The number of hydrogen-bond acceptors (Lipinski definition) is 0. The third-order valence-corrected chi connectivity index (χ3v) is 6.13. The van der Waals surface area contributed by atoms with Crippen molar-refractivity contribution in [2.45, 2.75) is 75.8 Å². The van der Waals surface area contributed by atoms with Crippen LogP contribution in [0, 0.1) is 6.92 Å². The lowest BCUT2D eigenvalue weighted by Gasteiger charge is -2.12. The predicted molar refractivity (Wildman–Crippen MR) is 102 cm³/mol. The zero-order chi connectivity index (χ0) is 15.2. The predicted octanol–water partition coefficient (Wildman–Crippen LogP) is 4.72. The molecule has 0 spiro atoms. The number of unbranched alkanes of at least 4 members (excludes halogenated alkanes) is 4. The van der Waals surface area contributed by atoms with Crippen molar-refractivity contribution in [2.75, 3.05) is 0 Å². The maximum atomic E-state index is 2.32. The molecule has 0 fully saturated rings. The maximum Gasteiger partial charge on any atom is 0.223 e. The van der Waals surface area contributed by atoms with Crippen molar-refractivity contribution < 1.29 is 1.43 Å². The van der Waals surface area contributed by atoms with Gasteiger partial charge in [0.2, 0.25) is 32.6 Å². The van der Waals surface area contributed by atoms with Crippen LogP contribution >= 0.6 is 0 Å². The Labute approximate surface area is 145 Å². The molecule has 0 aliphatic heterocycles. The van der Waals surface area contributed by atoms with Crippen molar-refractivity contribution in [3.05, 3.63) is 35.4 Å². The van der Waals surface area contributed by atoms with E-state index in [1.165, 1.54) is 88.4 Å². The summed E-state index contributed by atoms with van der Waals surface area (Å²) in [4.78, 5) is 0. The van der Waals surface area contributed by atoms with E-state index in [9.17, 15) is 0 Å². The van der Waals surface area contributed by atoms with Gasteiger partial charge >= 0.3 is 0 Å². The summed E-state index contributed by atoms with van der Waals surface area (Å²) < 4.78 is 0.863. The molecular weight excluding hydrogens is 270 g/mol. The minimum atomic E-state index is 0. The molecule has 0 heterocycles. The van der Waals surface area contributed by atoms with Crippen LogP contribution in [0.5, 0.6) is 0 Å². The minimum Gasteiger partial charge on any atom is -0.101 e. The fourth-order valence-electron chi connectivity index (χ4n) is 2.12. The number of rotatable bonds is 8. The zero-order valence-corrected chi connectivity index (χ0v) is 18.5. The van der Waals surface area contributed by atoms with Gasteiger partial charge in [-0.15, -0.1) is 5.28 Å². The van der Waals surface area contributed by atoms with Gasteiger partial charge in [-0.25, -0.2) is 0 Å². The van der Waals surface area contributed by atoms with E-state index in [4.69, 9.17) is 0 Å². The van der Waals surface area contributed by atoms with Crippen LogP contribution in [0.4, 0.5) is 0 Å². The first-order chi connectivity index (χ1) is 9.65. The van der Waals surface area contributed by atoms with Gasteiger partial charge in [-0.3, -0.25) is 0 Å². The van der Waals surface area contributed by atoms with Crippen molar-refractivity contribution in [2.24, 2.45) is 0 Å². The maximum absolute atomic E-state index is 2.32. The smallest absolute Gasteiger partial charge is 0.101 e. The molecule has 1 unspecified atom stereocenters. The topological polar surface area (TPSA) is 0 Å². The average molecular weight is 306 g/mol. The van der Waals surface area contributed by atoms with Gasteiger partial charge in [0.1, 0.15) is 0 Å². The molecule has 114 valence electrons. The first kappa shape index (κ1) is 20.3. The van der Waals surface area contributed by atoms with Crippen molar-refractivity contribution in [1.29, 1.82) is 0 Å².